The van der Waals surface area contributed by atoms with E-state index in [0.717, 1.165) is 41.1 Å². The molecule has 0 aliphatic rings. The lowest BCUT2D eigenvalue weighted by Crippen LogP contribution is -2.12. The highest BCUT2D eigenvalue weighted by molar-refractivity contribution is 7.89. The molecule has 4 aromatic rings. The third-order valence-electron chi connectivity index (χ3n) is 4.40. The van der Waals surface area contributed by atoms with E-state index in [1.54, 1.807) is 0 Å². The van der Waals surface area contributed by atoms with Gasteiger partial charge in [-0.2, -0.15) is 18.3 Å². The molecule has 0 aliphatic carbocycles. The molecule has 3 aromatic carbocycles. The van der Waals surface area contributed by atoms with E-state index in [1.165, 1.54) is 12.1 Å². The largest absolute Gasteiger partial charge is 0.435 e. The van der Waals surface area contributed by atoms with Gasteiger partial charge in [-0.3, -0.25) is 0 Å². The fourth-order valence-corrected chi connectivity index (χ4v) is 3.64. The fraction of sp³-hybridized carbons (Fsp3) is 0.0556. The van der Waals surface area contributed by atoms with Crippen molar-refractivity contribution in [1.29, 1.82) is 0 Å². The fourth-order valence-electron chi connectivity index (χ4n) is 3.12. The lowest BCUT2D eigenvalue weighted by Gasteiger charge is -2.08. The Morgan fingerprint density at radius 3 is 2.03 bits per heavy atom. The Morgan fingerprint density at radius 2 is 1.45 bits per heavy atom. The molecule has 0 saturated carbocycles. The van der Waals surface area contributed by atoms with Crippen LogP contribution in [0.4, 0.5) is 22.0 Å². The van der Waals surface area contributed by atoms with Crippen LogP contribution in [0.1, 0.15) is 5.69 Å². The van der Waals surface area contributed by atoms with E-state index in [9.17, 15) is 30.4 Å². The lowest BCUT2D eigenvalue weighted by molar-refractivity contribution is -0.140. The molecule has 11 heteroatoms. The number of benzene rings is 3. The number of alkyl halides is 3. The summed E-state index contributed by atoms with van der Waals surface area (Å²) in [4.78, 5) is -0.244. The molecule has 0 radical (unpaired) electrons. The zero-order chi connectivity index (χ0) is 21.1. The first-order valence-electron chi connectivity index (χ1n) is 7.98. The third-order valence-corrected chi connectivity index (χ3v) is 5.33. The number of hydrogen-bond donors (Lipinski definition) is 1. The number of halogens is 5. The predicted molar refractivity (Wildman–Crippen MR) is 94.9 cm³/mol. The first-order valence-corrected chi connectivity index (χ1v) is 9.53. The Labute approximate surface area is 160 Å². The van der Waals surface area contributed by atoms with Crippen molar-refractivity contribution < 1.29 is 30.4 Å². The Morgan fingerprint density at radius 1 is 0.862 bits per heavy atom. The van der Waals surface area contributed by atoms with E-state index in [4.69, 9.17) is 5.14 Å². The Bertz CT molecular complexity index is 1380. The Hall–Kier alpha value is -3.05. The number of sulfonamides is 1. The number of primary sulfonamides is 1. The van der Waals surface area contributed by atoms with E-state index in [0.29, 0.717) is 0 Å². The molecule has 5 nitrogen and oxygen atoms in total. The summed E-state index contributed by atoms with van der Waals surface area (Å²) in [5, 5.41) is 8.13. The van der Waals surface area contributed by atoms with Gasteiger partial charge in [0.05, 0.1) is 16.1 Å². The Kier molecular flexibility index (Phi) is 4.14. The van der Waals surface area contributed by atoms with Crippen LogP contribution in [0.2, 0.25) is 0 Å². The van der Waals surface area contributed by atoms with Gasteiger partial charge >= 0.3 is 6.18 Å². The first kappa shape index (κ1) is 19.3. The highest BCUT2D eigenvalue weighted by Crippen LogP contribution is 2.38. The third kappa shape index (κ3) is 3.12. The highest BCUT2D eigenvalue weighted by Gasteiger charge is 2.37. The van der Waals surface area contributed by atoms with Crippen LogP contribution in [-0.4, -0.2) is 18.2 Å². The molecule has 0 bridgehead atoms. The molecule has 4 rings (SSSR count). The second-order valence-corrected chi connectivity index (χ2v) is 7.78. The summed E-state index contributed by atoms with van der Waals surface area (Å²) in [5.41, 5.74) is -1.23. The molecule has 2 N–H and O–H groups in total. The molecular formula is C18H10F5N3O2S. The quantitative estimate of drug-likeness (QED) is 0.489. The zero-order valence-corrected chi connectivity index (χ0v) is 15.0. The molecule has 0 spiro atoms. The van der Waals surface area contributed by atoms with Crippen molar-refractivity contribution in [2.45, 2.75) is 11.1 Å². The van der Waals surface area contributed by atoms with Crippen molar-refractivity contribution in [3.8, 4) is 5.69 Å². The molecule has 0 unspecified atom stereocenters. The summed E-state index contributed by atoms with van der Waals surface area (Å²) in [5.74, 6) is -2.34. The van der Waals surface area contributed by atoms with Gasteiger partial charge in [0.1, 0.15) is 0 Å². The molecule has 0 atom stereocenters. The monoisotopic (exact) mass is 427 g/mol. The average Bonchev–Trinajstić information content (AvgIpc) is 3.04. The molecule has 150 valence electrons. The van der Waals surface area contributed by atoms with E-state index in [1.807, 2.05) is 0 Å². The summed E-state index contributed by atoms with van der Waals surface area (Å²) >= 11 is 0. The van der Waals surface area contributed by atoms with Crippen molar-refractivity contribution in [3.63, 3.8) is 0 Å². The second kappa shape index (κ2) is 6.22. The van der Waals surface area contributed by atoms with Crippen LogP contribution in [-0.2, 0) is 16.2 Å². The van der Waals surface area contributed by atoms with Crippen molar-refractivity contribution >= 4 is 31.7 Å². The van der Waals surface area contributed by atoms with Crippen molar-refractivity contribution in [2.75, 3.05) is 0 Å². The van der Waals surface area contributed by atoms with Crippen LogP contribution in [0.3, 0.4) is 0 Å². The van der Waals surface area contributed by atoms with Crippen LogP contribution in [0.5, 0.6) is 0 Å². The van der Waals surface area contributed by atoms with Gasteiger partial charge in [0, 0.05) is 16.2 Å². The normalized spacial score (nSPS) is 12.8. The van der Waals surface area contributed by atoms with Crippen LogP contribution in [0.25, 0.3) is 27.4 Å². The van der Waals surface area contributed by atoms with Gasteiger partial charge in [-0.1, -0.05) is 6.07 Å². The van der Waals surface area contributed by atoms with Crippen molar-refractivity contribution in [1.82, 2.24) is 9.78 Å². The maximum absolute atomic E-state index is 14.2. The molecule has 0 amide bonds. The van der Waals surface area contributed by atoms with Gasteiger partial charge in [-0.15, -0.1) is 0 Å². The molecule has 29 heavy (non-hydrogen) atoms. The zero-order valence-electron chi connectivity index (χ0n) is 14.2. The Balaban J connectivity index is 2.10. The molecule has 0 saturated heterocycles. The smallest absolute Gasteiger partial charge is 0.232 e. The molecule has 0 fully saturated rings. The summed E-state index contributed by atoms with van der Waals surface area (Å²) in [6, 6.07) is 8.69. The summed E-state index contributed by atoms with van der Waals surface area (Å²) in [6.07, 6.45) is -4.81. The van der Waals surface area contributed by atoms with Crippen LogP contribution in [0.15, 0.2) is 53.4 Å². The predicted octanol–water partition coefficient (Wildman–Crippen LogP) is 4.12. The summed E-state index contributed by atoms with van der Waals surface area (Å²) in [6.45, 7) is 0. The number of nitrogens with zero attached hydrogens (tertiary/aromatic N) is 2. The topological polar surface area (TPSA) is 78.0 Å². The van der Waals surface area contributed by atoms with Gasteiger partial charge in [-0.05, 0) is 42.5 Å². The molecule has 1 heterocycles. The van der Waals surface area contributed by atoms with Crippen LogP contribution < -0.4 is 5.14 Å². The van der Waals surface area contributed by atoms with E-state index >= 15 is 0 Å². The number of nitrogens with two attached hydrogens (primary N) is 1. The summed E-state index contributed by atoms with van der Waals surface area (Å²) < 4.78 is 92.0. The van der Waals surface area contributed by atoms with Crippen molar-refractivity contribution in [2.24, 2.45) is 5.14 Å². The number of aromatic nitrogens is 2. The SMILES string of the molecule is NS(=O)(=O)c1ccc(-n2nc(C(F)(F)F)c3ccc4c(F)c(F)ccc4c32)cc1. The van der Waals surface area contributed by atoms with Gasteiger partial charge in [-0.25, -0.2) is 27.0 Å². The summed E-state index contributed by atoms with van der Waals surface area (Å²) in [7, 11) is -4.01. The minimum absolute atomic E-state index is 0.0138. The van der Waals surface area contributed by atoms with E-state index in [2.05, 4.69) is 5.10 Å². The van der Waals surface area contributed by atoms with Gasteiger partial charge < -0.3 is 0 Å². The van der Waals surface area contributed by atoms with Crippen LogP contribution >= 0.6 is 0 Å². The first-order chi connectivity index (χ1) is 13.5. The minimum atomic E-state index is -4.81. The molecule has 1 aromatic heterocycles. The maximum Gasteiger partial charge on any atom is 0.435 e. The van der Waals surface area contributed by atoms with Crippen LogP contribution in [0, 0.1) is 11.6 Å². The molecular weight excluding hydrogens is 417 g/mol. The number of hydrogen-bond acceptors (Lipinski definition) is 3. The van der Waals surface area contributed by atoms with Gasteiger partial charge in [0.2, 0.25) is 10.0 Å². The second-order valence-electron chi connectivity index (χ2n) is 6.22. The van der Waals surface area contributed by atoms with Gasteiger partial charge in [0.15, 0.2) is 17.3 Å². The highest BCUT2D eigenvalue weighted by atomic mass is 32.2. The molecule has 0 aliphatic heterocycles. The van der Waals surface area contributed by atoms with E-state index in [-0.39, 0.29) is 32.3 Å². The average molecular weight is 427 g/mol. The standard InChI is InChI=1S/C18H10F5N3O2S/c19-14-8-7-12-11(15(14)20)5-6-13-16(12)26(25-17(13)18(21,22)23)9-1-3-10(4-2-9)29(24,27)28/h1-8H,(H2,24,27,28). The number of fused-ring (bicyclic) bond motifs is 3. The van der Waals surface area contributed by atoms with Gasteiger partial charge in [0.25, 0.3) is 0 Å². The lowest BCUT2D eigenvalue weighted by atomic mass is 10.0. The minimum Gasteiger partial charge on any atom is -0.232 e. The maximum atomic E-state index is 14.2. The number of rotatable bonds is 2. The van der Waals surface area contributed by atoms with Crippen molar-refractivity contribution in [3.05, 3.63) is 65.9 Å². The van der Waals surface area contributed by atoms with E-state index < -0.39 is 33.5 Å².